The van der Waals surface area contributed by atoms with E-state index in [1.54, 1.807) is 31.2 Å². The molecule has 2 unspecified atom stereocenters. The van der Waals surface area contributed by atoms with Crippen molar-refractivity contribution in [1.82, 2.24) is 10.2 Å². The van der Waals surface area contributed by atoms with Crippen LogP contribution in [0.1, 0.15) is 45.2 Å². The van der Waals surface area contributed by atoms with Gasteiger partial charge in [-0.05, 0) is 88.2 Å². The molecule has 3 aromatic rings. The van der Waals surface area contributed by atoms with Crippen molar-refractivity contribution in [3.63, 3.8) is 0 Å². The van der Waals surface area contributed by atoms with Gasteiger partial charge in [0, 0.05) is 17.6 Å². The second-order valence-corrected chi connectivity index (χ2v) is 12.2. The van der Waals surface area contributed by atoms with Crippen LogP contribution in [0.3, 0.4) is 0 Å². The highest BCUT2D eigenvalue weighted by Gasteiger charge is 2.32. The van der Waals surface area contributed by atoms with Crippen LogP contribution in [0.25, 0.3) is 0 Å². The van der Waals surface area contributed by atoms with E-state index in [1.165, 1.54) is 29.2 Å². The van der Waals surface area contributed by atoms with Crippen LogP contribution in [0, 0.1) is 6.92 Å². The van der Waals surface area contributed by atoms with Crippen molar-refractivity contribution in [1.29, 1.82) is 0 Å². The Balaban J connectivity index is 2.03. The van der Waals surface area contributed by atoms with Crippen LogP contribution in [0.2, 0.25) is 5.02 Å². The monoisotopic (exact) mass is 599 g/mol. The third-order valence-corrected chi connectivity index (χ3v) is 8.76. The molecule has 3 aromatic carbocycles. The Morgan fingerprint density at radius 2 is 1.63 bits per heavy atom. The lowest BCUT2D eigenvalue weighted by atomic mass is 10.1. The van der Waals surface area contributed by atoms with Crippen molar-refractivity contribution >= 4 is 39.1 Å². The van der Waals surface area contributed by atoms with Gasteiger partial charge < -0.3 is 15.0 Å². The molecular weight excluding hydrogens is 562 g/mol. The zero-order valence-corrected chi connectivity index (χ0v) is 25.7. The number of amides is 2. The predicted molar refractivity (Wildman–Crippen MR) is 163 cm³/mol. The zero-order chi connectivity index (χ0) is 30.2. The van der Waals surface area contributed by atoms with Gasteiger partial charge in [0.15, 0.2) is 0 Å². The van der Waals surface area contributed by atoms with Gasteiger partial charge in [0.2, 0.25) is 11.8 Å². The first-order valence-electron chi connectivity index (χ1n) is 13.6. The highest BCUT2D eigenvalue weighted by molar-refractivity contribution is 7.92. The van der Waals surface area contributed by atoms with Crippen LogP contribution < -0.4 is 14.4 Å². The van der Waals surface area contributed by atoms with Crippen molar-refractivity contribution in [2.24, 2.45) is 0 Å². The van der Waals surface area contributed by atoms with Gasteiger partial charge in [-0.25, -0.2) is 8.42 Å². The SMILES string of the molecule is CCOc1ccc(N(CC(=O)N(Cc2cccc(C)c2)C(C)C(=O)NC(C)CC)S(=O)(=O)c2ccc(Cl)cc2)cc1. The van der Waals surface area contributed by atoms with E-state index < -0.39 is 28.5 Å². The molecule has 0 spiro atoms. The van der Waals surface area contributed by atoms with Gasteiger partial charge in [0.25, 0.3) is 10.0 Å². The second-order valence-electron chi connectivity index (χ2n) is 9.90. The van der Waals surface area contributed by atoms with Gasteiger partial charge in [0.05, 0.1) is 17.2 Å². The Morgan fingerprint density at radius 1 is 0.976 bits per heavy atom. The molecule has 0 heterocycles. The van der Waals surface area contributed by atoms with Gasteiger partial charge in [0.1, 0.15) is 18.3 Å². The molecule has 0 fully saturated rings. The number of hydrogen-bond donors (Lipinski definition) is 1. The van der Waals surface area contributed by atoms with E-state index in [4.69, 9.17) is 16.3 Å². The number of sulfonamides is 1. The Hall–Kier alpha value is -3.56. The van der Waals surface area contributed by atoms with E-state index in [9.17, 15) is 18.0 Å². The fourth-order valence-corrected chi connectivity index (χ4v) is 5.73. The predicted octanol–water partition coefficient (Wildman–Crippen LogP) is 5.57. The van der Waals surface area contributed by atoms with Crippen LogP contribution in [0.5, 0.6) is 5.75 Å². The molecule has 0 aliphatic rings. The van der Waals surface area contributed by atoms with Crippen LogP contribution >= 0.6 is 11.6 Å². The van der Waals surface area contributed by atoms with Crippen molar-refractivity contribution in [3.8, 4) is 5.75 Å². The quantitative estimate of drug-likeness (QED) is 0.277. The summed E-state index contributed by atoms with van der Waals surface area (Å²) in [7, 11) is -4.19. The number of nitrogens with one attached hydrogen (secondary N) is 1. The molecule has 2 amide bonds. The highest BCUT2D eigenvalue weighted by atomic mass is 35.5. The minimum atomic E-state index is -4.19. The van der Waals surface area contributed by atoms with Gasteiger partial charge in [-0.3, -0.25) is 13.9 Å². The summed E-state index contributed by atoms with van der Waals surface area (Å²) < 4.78 is 34.4. The third kappa shape index (κ3) is 8.47. The van der Waals surface area contributed by atoms with E-state index in [2.05, 4.69) is 5.32 Å². The maximum atomic E-state index is 14.0. The van der Waals surface area contributed by atoms with Crippen molar-refractivity contribution in [2.45, 2.75) is 64.6 Å². The van der Waals surface area contributed by atoms with Crippen molar-refractivity contribution < 1.29 is 22.7 Å². The van der Waals surface area contributed by atoms with Gasteiger partial charge in [-0.2, -0.15) is 0 Å². The summed E-state index contributed by atoms with van der Waals surface area (Å²) in [5.74, 6) is -0.263. The van der Waals surface area contributed by atoms with Gasteiger partial charge in [-0.15, -0.1) is 0 Å². The summed E-state index contributed by atoms with van der Waals surface area (Å²) in [5, 5.41) is 3.32. The lowest BCUT2D eigenvalue weighted by molar-refractivity contribution is -0.139. The first-order valence-corrected chi connectivity index (χ1v) is 15.4. The van der Waals surface area contributed by atoms with E-state index in [-0.39, 0.29) is 29.1 Å². The number of benzene rings is 3. The van der Waals surface area contributed by atoms with Crippen LogP contribution in [0.4, 0.5) is 5.69 Å². The number of hydrogen-bond acceptors (Lipinski definition) is 5. The normalized spacial score (nSPS) is 12.7. The summed E-state index contributed by atoms with van der Waals surface area (Å²) in [6.45, 7) is 9.37. The molecule has 0 aliphatic heterocycles. The first kappa shape index (κ1) is 32.0. The average molecular weight is 600 g/mol. The molecule has 0 saturated heterocycles. The molecule has 0 aromatic heterocycles. The van der Waals surface area contributed by atoms with Crippen LogP contribution in [-0.4, -0.2) is 50.4 Å². The lowest BCUT2D eigenvalue weighted by Gasteiger charge is -2.32. The van der Waals surface area contributed by atoms with Crippen molar-refractivity contribution in [3.05, 3.63) is 88.9 Å². The van der Waals surface area contributed by atoms with Gasteiger partial charge >= 0.3 is 0 Å². The number of anilines is 1. The Morgan fingerprint density at radius 3 is 2.22 bits per heavy atom. The average Bonchev–Trinajstić information content (AvgIpc) is 2.95. The van der Waals surface area contributed by atoms with Crippen molar-refractivity contribution in [2.75, 3.05) is 17.5 Å². The number of carbonyl (C=O) groups is 2. The summed E-state index contributed by atoms with van der Waals surface area (Å²) in [4.78, 5) is 28.6. The second kappa shape index (κ2) is 14.4. The van der Waals surface area contributed by atoms with E-state index in [1.807, 2.05) is 52.0 Å². The topological polar surface area (TPSA) is 96.0 Å². The number of halogens is 1. The number of rotatable bonds is 13. The third-order valence-electron chi connectivity index (χ3n) is 6.72. The molecule has 41 heavy (non-hydrogen) atoms. The maximum absolute atomic E-state index is 14.0. The van der Waals surface area contributed by atoms with Gasteiger partial charge in [-0.1, -0.05) is 48.4 Å². The molecule has 0 radical (unpaired) electrons. The Bertz CT molecular complexity index is 1430. The minimum Gasteiger partial charge on any atom is -0.494 e. The fourth-order valence-electron chi connectivity index (χ4n) is 4.19. The molecule has 1 N–H and O–H groups in total. The molecule has 8 nitrogen and oxygen atoms in total. The molecule has 0 bridgehead atoms. The minimum absolute atomic E-state index is 0.0172. The van der Waals surface area contributed by atoms with E-state index in [0.717, 1.165) is 21.9 Å². The largest absolute Gasteiger partial charge is 0.494 e. The van der Waals surface area contributed by atoms with Crippen LogP contribution in [-0.2, 0) is 26.2 Å². The van der Waals surface area contributed by atoms with E-state index in [0.29, 0.717) is 17.4 Å². The smallest absolute Gasteiger partial charge is 0.264 e. The molecule has 2 atom stereocenters. The lowest BCUT2D eigenvalue weighted by Crippen LogP contribution is -2.52. The highest BCUT2D eigenvalue weighted by Crippen LogP contribution is 2.27. The Labute approximate surface area is 248 Å². The summed E-state index contributed by atoms with van der Waals surface area (Å²) in [5.41, 5.74) is 2.12. The molecular formula is C31H38ClN3O5S. The molecule has 0 aliphatic carbocycles. The molecule has 220 valence electrons. The number of nitrogens with zero attached hydrogens (tertiary/aromatic N) is 2. The van der Waals surface area contributed by atoms with E-state index >= 15 is 0 Å². The zero-order valence-electron chi connectivity index (χ0n) is 24.1. The summed E-state index contributed by atoms with van der Waals surface area (Å²) in [6, 6.07) is 19.0. The first-order chi connectivity index (χ1) is 19.5. The number of ether oxygens (including phenoxy) is 1. The van der Waals surface area contributed by atoms with Crippen LogP contribution in [0.15, 0.2) is 77.7 Å². The Kier molecular flexibility index (Phi) is 11.2. The molecule has 3 rings (SSSR count). The standard InChI is InChI=1S/C31H38ClN3O5S/c1-6-23(4)33-31(37)24(5)34(20-25-10-8-9-22(3)19-25)30(36)21-35(27-13-15-28(16-14-27)40-7-2)41(38,39)29-17-11-26(32)12-18-29/h8-19,23-24H,6-7,20-21H2,1-5H3,(H,33,37). The number of aryl methyl sites for hydroxylation is 1. The maximum Gasteiger partial charge on any atom is 0.264 e. The molecule has 0 saturated carbocycles. The number of carbonyl (C=O) groups excluding carboxylic acids is 2. The fraction of sp³-hybridized carbons (Fsp3) is 0.355. The molecule has 10 heteroatoms. The summed E-state index contributed by atoms with van der Waals surface area (Å²) >= 11 is 6.01. The summed E-state index contributed by atoms with van der Waals surface area (Å²) in [6.07, 6.45) is 0.731.